The van der Waals surface area contributed by atoms with Crippen LogP contribution in [-0.2, 0) is 20.9 Å². The lowest BCUT2D eigenvalue weighted by atomic mass is 9.78. The lowest BCUT2D eigenvalue weighted by Gasteiger charge is -2.26. The van der Waals surface area contributed by atoms with Gasteiger partial charge >= 0.3 is 5.97 Å². The van der Waals surface area contributed by atoms with E-state index >= 15 is 0 Å². The third-order valence-corrected chi connectivity index (χ3v) is 3.88. The maximum absolute atomic E-state index is 12.4. The third kappa shape index (κ3) is 2.97. The molecule has 1 aromatic rings. The van der Waals surface area contributed by atoms with E-state index < -0.39 is 11.4 Å². The fourth-order valence-corrected chi connectivity index (χ4v) is 2.27. The van der Waals surface area contributed by atoms with E-state index in [4.69, 9.17) is 16.3 Å². The summed E-state index contributed by atoms with van der Waals surface area (Å²) in [6, 6.07) is 0. The summed E-state index contributed by atoms with van der Waals surface area (Å²) < 4.78 is 6.23. The van der Waals surface area contributed by atoms with Gasteiger partial charge in [-0.05, 0) is 19.8 Å². The number of esters is 1. The van der Waals surface area contributed by atoms with E-state index in [1.807, 2.05) is 0 Å². The van der Waals surface area contributed by atoms with Gasteiger partial charge in [-0.3, -0.25) is 14.3 Å². The molecule has 0 saturated heterocycles. The fourth-order valence-electron chi connectivity index (χ4n) is 2.12. The summed E-state index contributed by atoms with van der Waals surface area (Å²) in [7, 11) is 1.30. The number of aromatic nitrogens is 2. The summed E-state index contributed by atoms with van der Waals surface area (Å²) in [6.45, 7) is 5.39. The van der Waals surface area contributed by atoms with Gasteiger partial charge in [-0.25, -0.2) is 0 Å². The molecule has 0 fully saturated rings. The second kappa shape index (κ2) is 6.19. The van der Waals surface area contributed by atoms with E-state index in [0.717, 1.165) is 0 Å². The van der Waals surface area contributed by atoms with Crippen LogP contribution in [0.15, 0.2) is 6.20 Å². The number of aryl methyl sites for hydroxylation is 1. The highest BCUT2D eigenvalue weighted by atomic mass is 35.5. The molecule has 0 aromatic carbocycles. The molecule has 0 amide bonds. The van der Waals surface area contributed by atoms with Crippen LogP contribution in [0.1, 0.15) is 32.4 Å². The van der Waals surface area contributed by atoms with E-state index in [2.05, 4.69) is 5.10 Å². The summed E-state index contributed by atoms with van der Waals surface area (Å²) in [5, 5.41) is 4.63. The fraction of sp³-hybridized carbons (Fsp3) is 0.615. The molecule has 0 radical (unpaired) electrons. The Kier molecular flexibility index (Phi) is 5.11. The number of methoxy groups -OCH3 is 1. The summed E-state index contributed by atoms with van der Waals surface area (Å²) in [4.78, 5) is 24.3. The Labute approximate surface area is 117 Å². The molecule has 1 rings (SSSR count). The molecule has 0 aliphatic rings. The minimum absolute atomic E-state index is 0.0182. The monoisotopic (exact) mass is 286 g/mol. The summed E-state index contributed by atoms with van der Waals surface area (Å²) >= 11 is 5.90. The number of nitrogens with zero attached hydrogens (tertiary/aromatic N) is 2. The van der Waals surface area contributed by atoms with Crippen LogP contribution >= 0.6 is 11.6 Å². The molecule has 0 unspecified atom stereocenters. The van der Waals surface area contributed by atoms with E-state index in [0.29, 0.717) is 23.6 Å². The number of hydrogen-bond donors (Lipinski definition) is 0. The standard InChI is InChI=1S/C13H19ClN2O3/c1-5-13(6-2,12(18)19-4)11(17)8-16-7-10(14)9(3)15-16/h7H,5-6,8H2,1-4H3. The zero-order valence-corrected chi connectivity index (χ0v) is 12.5. The first-order chi connectivity index (χ1) is 8.91. The van der Waals surface area contributed by atoms with E-state index in [1.165, 1.54) is 11.8 Å². The van der Waals surface area contributed by atoms with Crippen LogP contribution in [-0.4, -0.2) is 28.6 Å². The Hall–Kier alpha value is -1.36. The summed E-state index contributed by atoms with van der Waals surface area (Å²) in [5.74, 6) is -0.694. The van der Waals surface area contributed by atoms with Gasteiger partial charge in [0.25, 0.3) is 0 Å². The molecular formula is C13H19ClN2O3. The van der Waals surface area contributed by atoms with Crippen LogP contribution in [0.3, 0.4) is 0 Å². The lowest BCUT2D eigenvalue weighted by molar-refractivity contribution is -0.159. The van der Waals surface area contributed by atoms with E-state index in [9.17, 15) is 9.59 Å². The van der Waals surface area contributed by atoms with Crippen LogP contribution in [0, 0.1) is 12.3 Å². The average molecular weight is 287 g/mol. The van der Waals surface area contributed by atoms with Crippen molar-refractivity contribution in [1.29, 1.82) is 0 Å². The SMILES string of the molecule is CCC(CC)(C(=O)Cn1cc(Cl)c(C)n1)C(=O)OC. The summed E-state index contributed by atoms with van der Waals surface area (Å²) in [5.41, 5.74) is -0.438. The smallest absolute Gasteiger partial charge is 0.319 e. The topological polar surface area (TPSA) is 61.2 Å². The largest absolute Gasteiger partial charge is 0.468 e. The van der Waals surface area contributed by atoms with Gasteiger partial charge in [0.05, 0.1) is 17.8 Å². The van der Waals surface area contributed by atoms with E-state index in [1.54, 1.807) is 27.0 Å². The van der Waals surface area contributed by atoms with Crippen molar-refractivity contribution >= 4 is 23.4 Å². The van der Waals surface area contributed by atoms with Crippen LogP contribution in [0.5, 0.6) is 0 Å². The molecule has 6 heteroatoms. The molecule has 0 bridgehead atoms. The van der Waals surface area contributed by atoms with Crippen molar-refractivity contribution in [2.75, 3.05) is 7.11 Å². The third-order valence-electron chi connectivity index (χ3n) is 3.51. The Morgan fingerprint density at radius 2 is 2.00 bits per heavy atom. The van der Waals surface area contributed by atoms with Gasteiger partial charge in [0.15, 0.2) is 5.78 Å². The highest BCUT2D eigenvalue weighted by molar-refractivity contribution is 6.31. The number of Topliss-reactive ketones (excluding diaryl/α,β-unsaturated/α-hetero) is 1. The van der Waals surface area contributed by atoms with Gasteiger partial charge < -0.3 is 4.74 Å². The predicted octanol–water partition coefficient (Wildman–Crippen LogP) is 2.39. The molecule has 0 N–H and O–H groups in total. The van der Waals surface area contributed by atoms with Crippen molar-refractivity contribution < 1.29 is 14.3 Å². The predicted molar refractivity (Wildman–Crippen MR) is 72.0 cm³/mol. The molecule has 0 aliphatic carbocycles. The zero-order chi connectivity index (χ0) is 14.6. The van der Waals surface area contributed by atoms with Crippen molar-refractivity contribution in [3.8, 4) is 0 Å². The normalized spacial score (nSPS) is 11.4. The van der Waals surface area contributed by atoms with E-state index in [-0.39, 0.29) is 12.3 Å². The van der Waals surface area contributed by atoms with Gasteiger partial charge in [0.2, 0.25) is 0 Å². The number of carbonyl (C=O) groups is 2. The Morgan fingerprint density at radius 3 is 2.37 bits per heavy atom. The molecule has 5 nitrogen and oxygen atoms in total. The molecule has 0 saturated carbocycles. The van der Waals surface area contributed by atoms with Gasteiger partial charge in [-0.1, -0.05) is 25.4 Å². The molecule has 0 spiro atoms. The Balaban J connectivity index is 2.98. The number of ketones is 1. The van der Waals surface area contributed by atoms with Crippen molar-refractivity contribution in [2.24, 2.45) is 5.41 Å². The molecule has 1 aromatic heterocycles. The number of carbonyl (C=O) groups excluding carboxylic acids is 2. The maximum atomic E-state index is 12.4. The van der Waals surface area contributed by atoms with Gasteiger partial charge in [-0.2, -0.15) is 5.10 Å². The van der Waals surface area contributed by atoms with Gasteiger partial charge in [0, 0.05) is 6.20 Å². The molecular weight excluding hydrogens is 268 g/mol. The van der Waals surface area contributed by atoms with Crippen LogP contribution < -0.4 is 0 Å². The first-order valence-corrected chi connectivity index (χ1v) is 6.60. The van der Waals surface area contributed by atoms with Crippen molar-refractivity contribution in [1.82, 2.24) is 9.78 Å². The van der Waals surface area contributed by atoms with Crippen molar-refractivity contribution in [2.45, 2.75) is 40.2 Å². The zero-order valence-electron chi connectivity index (χ0n) is 11.7. The molecule has 1 heterocycles. The number of ether oxygens (including phenoxy) is 1. The minimum Gasteiger partial charge on any atom is -0.468 e. The second-order valence-electron chi connectivity index (χ2n) is 4.46. The molecule has 0 aliphatic heterocycles. The van der Waals surface area contributed by atoms with Crippen molar-refractivity contribution in [3.63, 3.8) is 0 Å². The highest BCUT2D eigenvalue weighted by Gasteiger charge is 2.43. The summed E-state index contributed by atoms with van der Waals surface area (Å²) in [6.07, 6.45) is 2.40. The first kappa shape index (κ1) is 15.7. The van der Waals surface area contributed by atoms with Gasteiger partial charge in [-0.15, -0.1) is 0 Å². The second-order valence-corrected chi connectivity index (χ2v) is 4.87. The lowest BCUT2D eigenvalue weighted by Crippen LogP contribution is -2.41. The molecule has 106 valence electrons. The molecule has 19 heavy (non-hydrogen) atoms. The highest BCUT2D eigenvalue weighted by Crippen LogP contribution is 2.30. The average Bonchev–Trinajstić information content (AvgIpc) is 2.70. The van der Waals surface area contributed by atoms with Gasteiger partial charge in [0.1, 0.15) is 12.0 Å². The minimum atomic E-state index is -1.10. The molecule has 0 atom stereocenters. The maximum Gasteiger partial charge on any atom is 0.319 e. The van der Waals surface area contributed by atoms with Crippen molar-refractivity contribution in [3.05, 3.63) is 16.9 Å². The van der Waals surface area contributed by atoms with Crippen LogP contribution in [0.4, 0.5) is 0 Å². The Morgan fingerprint density at radius 1 is 1.42 bits per heavy atom. The number of hydrogen-bond acceptors (Lipinski definition) is 4. The number of rotatable bonds is 6. The Bertz CT molecular complexity index is 459. The van der Waals surface area contributed by atoms with Crippen LogP contribution in [0.25, 0.3) is 0 Å². The van der Waals surface area contributed by atoms with Crippen LogP contribution in [0.2, 0.25) is 5.02 Å². The first-order valence-electron chi connectivity index (χ1n) is 6.22. The quantitative estimate of drug-likeness (QED) is 0.595. The number of halogens is 1.